The zero-order valence-corrected chi connectivity index (χ0v) is 14.2. The van der Waals surface area contributed by atoms with Gasteiger partial charge in [-0.05, 0) is 27.2 Å². The monoisotopic (exact) mass is 339 g/mol. The molecule has 0 bridgehead atoms. The molecule has 1 amide bonds. The molecule has 0 aromatic heterocycles. The summed E-state index contributed by atoms with van der Waals surface area (Å²) in [6.45, 7) is 5.69. The van der Waals surface area contributed by atoms with Gasteiger partial charge in [-0.25, -0.2) is 4.79 Å². The third kappa shape index (κ3) is 3.74. The highest BCUT2D eigenvalue weighted by molar-refractivity contribution is 5.99. The van der Waals surface area contributed by atoms with E-state index in [1.54, 1.807) is 20.8 Å². The van der Waals surface area contributed by atoms with Crippen LogP contribution in [-0.2, 0) is 33.4 Å². The van der Waals surface area contributed by atoms with Crippen molar-refractivity contribution in [1.29, 1.82) is 0 Å². The summed E-state index contributed by atoms with van der Waals surface area (Å²) in [6.07, 6.45) is 0.810. The summed E-state index contributed by atoms with van der Waals surface area (Å²) < 4.78 is 14.8. The standard InChI is InChI=1S/C16H21NO7/c1-9(18)22-7-10-5-11-6-12(19)17(11)13(10)14(20)23-8-24-15(21)16(2,3)4/h11H,5-8H2,1-4H3. The van der Waals surface area contributed by atoms with Crippen LogP contribution < -0.4 is 0 Å². The summed E-state index contributed by atoms with van der Waals surface area (Å²) in [7, 11) is 0. The molecule has 0 spiro atoms. The Hall–Kier alpha value is -2.38. The average Bonchev–Trinajstić information content (AvgIpc) is 2.76. The summed E-state index contributed by atoms with van der Waals surface area (Å²) in [6, 6.07) is -0.0947. The summed E-state index contributed by atoms with van der Waals surface area (Å²) >= 11 is 0. The molecule has 2 rings (SSSR count). The Bertz CT molecular complexity index is 614. The summed E-state index contributed by atoms with van der Waals surface area (Å²) in [5.41, 5.74) is -0.0876. The molecular formula is C16H21NO7. The number of amides is 1. The van der Waals surface area contributed by atoms with Gasteiger partial charge in [-0.3, -0.25) is 14.4 Å². The maximum absolute atomic E-state index is 12.3. The highest BCUT2D eigenvalue weighted by Crippen LogP contribution is 2.38. The minimum atomic E-state index is -0.769. The number of β-lactam (4-membered cyclic amide) rings is 1. The molecule has 1 atom stereocenters. The van der Waals surface area contributed by atoms with Crippen molar-refractivity contribution in [1.82, 2.24) is 4.90 Å². The van der Waals surface area contributed by atoms with Crippen LogP contribution in [0, 0.1) is 5.41 Å². The van der Waals surface area contributed by atoms with E-state index in [1.165, 1.54) is 11.8 Å². The van der Waals surface area contributed by atoms with Gasteiger partial charge in [0.25, 0.3) is 0 Å². The van der Waals surface area contributed by atoms with Crippen molar-refractivity contribution < 1.29 is 33.4 Å². The number of esters is 3. The van der Waals surface area contributed by atoms with Crippen molar-refractivity contribution in [3.05, 3.63) is 11.3 Å². The molecule has 24 heavy (non-hydrogen) atoms. The Morgan fingerprint density at radius 3 is 2.33 bits per heavy atom. The molecule has 2 heterocycles. The van der Waals surface area contributed by atoms with Gasteiger partial charge in [-0.2, -0.15) is 0 Å². The molecule has 2 aliphatic rings. The van der Waals surface area contributed by atoms with Crippen LogP contribution in [0.5, 0.6) is 0 Å². The van der Waals surface area contributed by atoms with E-state index in [9.17, 15) is 19.2 Å². The van der Waals surface area contributed by atoms with Crippen molar-refractivity contribution >= 4 is 23.8 Å². The van der Waals surface area contributed by atoms with Gasteiger partial charge in [-0.15, -0.1) is 0 Å². The number of hydrogen-bond donors (Lipinski definition) is 0. The summed E-state index contributed by atoms with van der Waals surface area (Å²) in [5, 5.41) is 0. The summed E-state index contributed by atoms with van der Waals surface area (Å²) in [4.78, 5) is 47.9. The Morgan fingerprint density at radius 2 is 1.79 bits per heavy atom. The number of rotatable bonds is 5. The molecule has 0 radical (unpaired) electrons. The lowest BCUT2D eigenvalue weighted by atomic mass is 9.98. The van der Waals surface area contributed by atoms with Crippen LogP contribution in [-0.4, -0.2) is 48.2 Å². The molecule has 0 aromatic rings. The van der Waals surface area contributed by atoms with E-state index >= 15 is 0 Å². The average molecular weight is 339 g/mol. The first-order valence-electron chi connectivity index (χ1n) is 7.63. The predicted octanol–water partition coefficient (Wildman–Crippen LogP) is 0.898. The number of fused-ring (bicyclic) bond motifs is 1. The smallest absolute Gasteiger partial charge is 0.358 e. The normalized spacial score (nSPS) is 19.6. The van der Waals surface area contributed by atoms with Gasteiger partial charge in [-0.1, -0.05) is 0 Å². The van der Waals surface area contributed by atoms with Crippen LogP contribution in [0.15, 0.2) is 11.3 Å². The number of nitrogens with zero attached hydrogens (tertiary/aromatic N) is 1. The lowest BCUT2D eigenvalue weighted by Gasteiger charge is -2.35. The van der Waals surface area contributed by atoms with E-state index in [4.69, 9.17) is 14.2 Å². The summed E-state index contributed by atoms with van der Waals surface area (Å²) in [5.74, 6) is -1.94. The molecule has 0 aliphatic carbocycles. The first kappa shape index (κ1) is 18.0. The molecule has 8 nitrogen and oxygen atoms in total. The Kier molecular flexibility index (Phi) is 4.96. The molecule has 1 fully saturated rings. The highest BCUT2D eigenvalue weighted by atomic mass is 16.7. The van der Waals surface area contributed by atoms with Crippen molar-refractivity contribution in [2.24, 2.45) is 5.41 Å². The fraction of sp³-hybridized carbons (Fsp3) is 0.625. The Labute approximate surface area is 139 Å². The van der Waals surface area contributed by atoms with E-state index in [1.807, 2.05) is 0 Å². The van der Waals surface area contributed by atoms with Gasteiger partial charge in [0.15, 0.2) is 0 Å². The molecule has 0 N–H and O–H groups in total. The third-order valence-electron chi connectivity index (χ3n) is 3.74. The quantitative estimate of drug-likeness (QED) is 0.417. The van der Waals surface area contributed by atoms with E-state index in [-0.39, 0.29) is 24.3 Å². The molecule has 132 valence electrons. The molecule has 0 saturated carbocycles. The molecule has 8 heteroatoms. The van der Waals surface area contributed by atoms with Crippen molar-refractivity contribution in [3.8, 4) is 0 Å². The van der Waals surface area contributed by atoms with Crippen LogP contribution in [0.4, 0.5) is 0 Å². The van der Waals surface area contributed by atoms with Crippen LogP contribution in [0.2, 0.25) is 0 Å². The van der Waals surface area contributed by atoms with Crippen molar-refractivity contribution in [2.45, 2.75) is 46.6 Å². The lowest BCUT2D eigenvalue weighted by molar-refractivity contribution is -0.173. The first-order chi connectivity index (χ1) is 11.1. The van der Waals surface area contributed by atoms with Crippen molar-refractivity contribution in [3.63, 3.8) is 0 Å². The van der Waals surface area contributed by atoms with Gasteiger partial charge in [0.05, 0.1) is 5.41 Å². The lowest BCUT2D eigenvalue weighted by Crippen LogP contribution is -2.49. The maximum Gasteiger partial charge on any atom is 0.358 e. The SMILES string of the molecule is CC(=O)OCC1=C(C(=O)OCOC(=O)C(C)(C)C)N2C(=O)CC2C1. The van der Waals surface area contributed by atoms with Crippen LogP contribution in [0.25, 0.3) is 0 Å². The molecule has 1 unspecified atom stereocenters. The molecule has 0 aromatic carbocycles. The second-order valence-corrected chi connectivity index (χ2v) is 6.79. The fourth-order valence-electron chi connectivity index (χ4n) is 2.48. The molecular weight excluding hydrogens is 318 g/mol. The van der Waals surface area contributed by atoms with Gasteiger partial charge in [0, 0.05) is 25.0 Å². The first-order valence-corrected chi connectivity index (χ1v) is 7.63. The van der Waals surface area contributed by atoms with Crippen LogP contribution in [0.3, 0.4) is 0 Å². The minimum Gasteiger partial charge on any atom is -0.461 e. The fourth-order valence-corrected chi connectivity index (χ4v) is 2.48. The largest absolute Gasteiger partial charge is 0.461 e. The van der Waals surface area contributed by atoms with E-state index in [0.717, 1.165) is 0 Å². The zero-order chi connectivity index (χ0) is 18.1. The van der Waals surface area contributed by atoms with E-state index in [2.05, 4.69) is 0 Å². The maximum atomic E-state index is 12.3. The van der Waals surface area contributed by atoms with Gasteiger partial charge in [0.2, 0.25) is 12.7 Å². The second kappa shape index (κ2) is 6.62. The van der Waals surface area contributed by atoms with Gasteiger partial charge >= 0.3 is 17.9 Å². The number of ether oxygens (including phenoxy) is 3. The second-order valence-electron chi connectivity index (χ2n) is 6.79. The molecule has 2 aliphatic heterocycles. The van der Waals surface area contributed by atoms with E-state index < -0.39 is 30.1 Å². The minimum absolute atomic E-state index is 0.0676. The Morgan fingerprint density at radius 1 is 1.12 bits per heavy atom. The topological polar surface area (TPSA) is 99.2 Å². The Balaban J connectivity index is 2.00. The number of carbonyl (C=O) groups is 4. The van der Waals surface area contributed by atoms with Crippen LogP contribution in [0.1, 0.15) is 40.5 Å². The van der Waals surface area contributed by atoms with Crippen LogP contribution >= 0.6 is 0 Å². The zero-order valence-electron chi connectivity index (χ0n) is 14.2. The molecule has 1 saturated heterocycles. The van der Waals surface area contributed by atoms with Gasteiger partial charge < -0.3 is 19.1 Å². The number of carbonyl (C=O) groups excluding carboxylic acids is 4. The van der Waals surface area contributed by atoms with Gasteiger partial charge in [0.1, 0.15) is 12.3 Å². The predicted molar refractivity (Wildman–Crippen MR) is 80.0 cm³/mol. The number of hydrogen-bond acceptors (Lipinski definition) is 7. The van der Waals surface area contributed by atoms with Crippen molar-refractivity contribution in [2.75, 3.05) is 13.4 Å². The highest BCUT2D eigenvalue weighted by Gasteiger charge is 2.48. The third-order valence-corrected chi connectivity index (χ3v) is 3.74. The van der Waals surface area contributed by atoms with E-state index in [0.29, 0.717) is 18.4 Å².